The van der Waals surface area contributed by atoms with Crippen molar-refractivity contribution in [3.63, 3.8) is 0 Å². The van der Waals surface area contributed by atoms with E-state index in [1.165, 1.54) is 0 Å². The summed E-state index contributed by atoms with van der Waals surface area (Å²) in [4.78, 5) is 0. The first-order chi connectivity index (χ1) is 16.0. The van der Waals surface area contributed by atoms with Crippen LogP contribution in [0.25, 0.3) is 0 Å². The molecule has 0 unspecified atom stereocenters. The van der Waals surface area contributed by atoms with Crippen LogP contribution < -0.4 is 0 Å². The molecule has 15 atom stereocenters. The van der Waals surface area contributed by atoms with Crippen LogP contribution in [0.15, 0.2) is 0 Å². The number of aliphatic hydroxyl groups is 11. The minimum Gasteiger partial charge on any atom is -0.394 e. The molecule has 0 spiro atoms. The van der Waals surface area contributed by atoms with Crippen molar-refractivity contribution in [2.24, 2.45) is 0 Å². The Kier molecular flexibility index (Phi) is 9.54. The molecule has 0 radical (unpaired) electrons. The lowest BCUT2D eigenvalue weighted by Gasteiger charge is -2.47. The van der Waals surface area contributed by atoms with E-state index in [-0.39, 0.29) is 0 Å². The van der Waals surface area contributed by atoms with E-state index in [0.717, 1.165) is 0 Å². The summed E-state index contributed by atoms with van der Waals surface area (Å²) in [6.45, 7) is -2.32. The number of hydrogen-bond donors (Lipinski definition) is 11. The van der Waals surface area contributed by atoms with Gasteiger partial charge in [0, 0.05) is 0 Å². The standard InChI is InChI=1S/C18H32O16/c19-1-4-7(22)8(23)12(27)17(31-4)34-15-6(3-21)32-18(13(28)10(15)25)33-14-5(2-20)30-16(29)11(26)9(14)24/h4-29H,1-3H2/t4-,5+,6-,7-,8-,9+,10-,11+,12+,13+,14+,15-,16+,17+,18+/m1/s1. The predicted molar refractivity (Wildman–Crippen MR) is 101 cm³/mol. The highest BCUT2D eigenvalue weighted by Gasteiger charge is 2.53. The van der Waals surface area contributed by atoms with E-state index in [0.29, 0.717) is 0 Å². The van der Waals surface area contributed by atoms with Gasteiger partial charge in [-0.05, 0) is 0 Å². The minimum absolute atomic E-state index is 0.741. The summed E-state index contributed by atoms with van der Waals surface area (Å²) in [5, 5.41) is 109. The molecular weight excluding hydrogens is 472 g/mol. The van der Waals surface area contributed by atoms with Gasteiger partial charge >= 0.3 is 0 Å². The lowest BCUT2D eigenvalue weighted by Crippen LogP contribution is -2.66. The van der Waals surface area contributed by atoms with Crippen molar-refractivity contribution in [3.8, 4) is 0 Å². The molecule has 0 aromatic heterocycles. The van der Waals surface area contributed by atoms with E-state index in [9.17, 15) is 56.2 Å². The normalized spacial score (nSPS) is 52.5. The smallest absolute Gasteiger partial charge is 0.187 e. The highest BCUT2D eigenvalue weighted by molar-refractivity contribution is 4.96. The second-order valence-corrected chi connectivity index (χ2v) is 8.33. The Labute approximate surface area is 192 Å². The Bertz CT molecular complexity index is 635. The molecule has 3 saturated heterocycles. The molecular formula is C18H32O16. The van der Waals surface area contributed by atoms with Gasteiger partial charge in [0.25, 0.3) is 0 Å². The van der Waals surface area contributed by atoms with Gasteiger partial charge in [0.05, 0.1) is 19.8 Å². The Hall–Kier alpha value is -0.640. The number of hydrogen-bond acceptors (Lipinski definition) is 16. The van der Waals surface area contributed by atoms with Gasteiger partial charge < -0.3 is 79.9 Å². The third-order valence-electron chi connectivity index (χ3n) is 6.09. The molecule has 0 amide bonds. The molecule has 16 nitrogen and oxygen atoms in total. The van der Waals surface area contributed by atoms with Crippen LogP contribution in [0, 0.1) is 0 Å². The van der Waals surface area contributed by atoms with Crippen LogP contribution in [0.1, 0.15) is 0 Å². The minimum atomic E-state index is -1.91. The summed E-state index contributed by atoms with van der Waals surface area (Å²) in [6, 6.07) is 0. The first kappa shape index (κ1) is 27.9. The Morgan fingerprint density at radius 3 is 1.35 bits per heavy atom. The molecule has 3 aliphatic heterocycles. The van der Waals surface area contributed by atoms with Crippen LogP contribution >= 0.6 is 0 Å². The van der Waals surface area contributed by atoms with Crippen LogP contribution in [0.2, 0.25) is 0 Å². The molecule has 200 valence electrons. The van der Waals surface area contributed by atoms with Crippen molar-refractivity contribution in [2.75, 3.05) is 19.8 Å². The molecule has 0 aromatic carbocycles. The summed E-state index contributed by atoms with van der Waals surface area (Å²) < 4.78 is 26.4. The largest absolute Gasteiger partial charge is 0.394 e. The summed E-state index contributed by atoms with van der Waals surface area (Å²) in [7, 11) is 0. The zero-order valence-electron chi connectivity index (χ0n) is 17.7. The molecule has 0 saturated carbocycles. The lowest BCUT2D eigenvalue weighted by atomic mass is 9.96. The molecule has 3 rings (SSSR count). The fourth-order valence-electron chi connectivity index (χ4n) is 4.06. The first-order valence-electron chi connectivity index (χ1n) is 10.6. The van der Waals surface area contributed by atoms with E-state index >= 15 is 0 Å². The van der Waals surface area contributed by atoms with E-state index in [4.69, 9.17) is 23.7 Å². The molecule has 3 heterocycles. The number of ether oxygens (including phenoxy) is 5. The van der Waals surface area contributed by atoms with Gasteiger partial charge in [0.2, 0.25) is 0 Å². The molecule has 0 aromatic rings. The summed E-state index contributed by atoms with van der Waals surface area (Å²) in [6.07, 6.45) is -25.1. The van der Waals surface area contributed by atoms with Crippen molar-refractivity contribution in [1.29, 1.82) is 0 Å². The van der Waals surface area contributed by atoms with Crippen LogP contribution in [0.5, 0.6) is 0 Å². The van der Waals surface area contributed by atoms with Gasteiger partial charge in [-0.1, -0.05) is 0 Å². The van der Waals surface area contributed by atoms with Gasteiger partial charge in [-0.2, -0.15) is 0 Å². The molecule has 0 bridgehead atoms. The fourth-order valence-corrected chi connectivity index (χ4v) is 4.06. The van der Waals surface area contributed by atoms with Crippen LogP contribution in [0.3, 0.4) is 0 Å². The maximum atomic E-state index is 10.6. The van der Waals surface area contributed by atoms with E-state index in [2.05, 4.69) is 0 Å². The van der Waals surface area contributed by atoms with Crippen LogP contribution in [-0.4, -0.2) is 168 Å². The first-order valence-corrected chi connectivity index (χ1v) is 10.6. The van der Waals surface area contributed by atoms with Crippen LogP contribution in [-0.2, 0) is 23.7 Å². The maximum absolute atomic E-state index is 10.6. The van der Waals surface area contributed by atoms with E-state index < -0.39 is 112 Å². The fraction of sp³-hybridized carbons (Fsp3) is 1.00. The maximum Gasteiger partial charge on any atom is 0.187 e. The Balaban J connectivity index is 1.72. The summed E-state index contributed by atoms with van der Waals surface area (Å²) in [5.74, 6) is 0. The quantitative estimate of drug-likeness (QED) is 0.154. The third kappa shape index (κ3) is 5.37. The third-order valence-corrected chi connectivity index (χ3v) is 6.09. The highest BCUT2D eigenvalue weighted by atomic mass is 16.8. The second-order valence-electron chi connectivity index (χ2n) is 8.33. The number of rotatable bonds is 7. The Morgan fingerprint density at radius 1 is 0.441 bits per heavy atom. The van der Waals surface area contributed by atoms with Crippen molar-refractivity contribution in [1.82, 2.24) is 0 Å². The zero-order valence-corrected chi connectivity index (χ0v) is 17.7. The predicted octanol–water partition coefficient (Wildman–Crippen LogP) is -7.57. The van der Waals surface area contributed by atoms with Gasteiger partial charge in [-0.3, -0.25) is 0 Å². The van der Waals surface area contributed by atoms with Gasteiger partial charge in [-0.15, -0.1) is 0 Å². The highest BCUT2D eigenvalue weighted by Crippen LogP contribution is 2.32. The molecule has 34 heavy (non-hydrogen) atoms. The Morgan fingerprint density at radius 2 is 0.853 bits per heavy atom. The molecule has 0 aliphatic carbocycles. The zero-order chi connectivity index (χ0) is 25.3. The average molecular weight is 504 g/mol. The molecule has 11 N–H and O–H groups in total. The van der Waals surface area contributed by atoms with Crippen LogP contribution in [0.4, 0.5) is 0 Å². The second kappa shape index (κ2) is 11.6. The van der Waals surface area contributed by atoms with Crippen molar-refractivity contribution in [2.45, 2.75) is 92.1 Å². The van der Waals surface area contributed by atoms with Crippen molar-refractivity contribution < 1.29 is 79.9 Å². The summed E-state index contributed by atoms with van der Waals surface area (Å²) in [5.41, 5.74) is 0. The van der Waals surface area contributed by atoms with E-state index in [1.54, 1.807) is 0 Å². The summed E-state index contributed by atoms with van der Waals surface area (Å²) >= 11 is 0. The van der Waals surface area contributed by atoms with Crippen molar-refractivity contribution in [3.05, 3.63) is 0 Å². The SMILES string of the molecule is OC[C@@H]1O[C@H](O)[C@@H](O)[C@H](O)[C@H]1O[C@@H]1O[C@H](CO)[C@@H](O[C@@H]2O[C@H](CO)[C@@H](O)[C@@H](O)[C@@H]2O)[C@H](O)[C@@H]1O. The van der Waals surface area contributed by atoms with Gasteiger partial charge in [-0.25, -0.2) is 0 Å². The average Bonchev–Trinajstić information content (AvgIpc) is 2.83. The van der Waals surface area contributed by atoms with Gasteiger partial charge in [0.15, 0.2) is 18.9 Å². The molecule has 3 aliphatic rings. The number of aliphatic hydroxyl groups excluding tert-OH is 11. The topological polar surface area (TPSA) is 269 Å². The molecule has 16 heteroatoms. The van der Waals surface area contributed by atoms with Gasteiger partial charge in [0.1, 0.15) is 73.2 Å². The monoisotopic (exact) mass is 504 g/mol. The lowest BCUT2D eigenvalue weighted by molar-refractivity contribution is -0.377. The van der Waals surface area contributed by atoms with E-state index in [1.807, 2.05) is 0 Å². The van der Waals surface area contributed by atoms with Crippen molar-refractivity contribution >= 4 is 0 Å². The molecule has 3 fully saturated rings.